The van der Waals surface area contributed by atoms with Crippen LogP contribution in [0.3, 0.4) is 0 Å². The average Bonchev–Trinajstić information content (AvgIpc) is 2.52. The molecular weight excluding hydrogens is 212 g/mol. The number of hydrogen-bond acceptors (Lipinski definition) is 4. The summed E-state index contributed by atoms with van der Waals surface area (Å²) >= 11 is 0. The summed E-state index contributed by atoms with van der Waals surface area (Å²) in [6, 6.07) is 6.54. The van der Waals surface area contributed by atoms with Gasteiger partial charge in [-0.25, -0.2) is 0 Å². The van der Waals surface area contributed by atoms with E-state index in [0.717, 1.165) is 38.4 Å². The van der Waals surface area contributed by atoms with Crippen LogP contribution in [0.15, 0.2) is 24.4 Å². The summed E-state index contributed by atoms with van der Waals surface area (Å²) in [6.07, 6.45) is 3.07. The summed E-state index contributed by atoms with van der Waals surface area (Å²) in [5.74, 6) is 0. The largest absolute Gasteiger partial charge is 0.329 e. The third-order valence-electron chi connectivity index (χ3n) is 3.39. The van der Waals surface area contributed by atoms with Crippen LogP contribution in [0.4, 0.5) is 0 Å². The van der Waals surface area contributed by atoms with Crippen LogP contribution in [0, 0.1) is 0 Å². The third-order valence-corrected chi connectivity index (χ3v) is 3.39. The van der Waals surface area contributed by atoms with Gasteiger partial charge >= 0.3 is 0 Å². The highest BCUT2D eigenvalue weighted by atomic mass is 15.2. The monoisotopic (exact) mass is 234 g/mol. The van der Waals surface area contributed by atoms with E-state index in [4.69, 9.17) is 5.73 Å². The topological polar surface area (TPSA) is 45.4 Å². The Kier molecular flexibility index (Phi) is 4.48. The van der Waals surface area contributed by atoms with E-state index in [1.54, 1.807) is 0 Å². The van der Waals surface area contributed by atoms with Gasteiger partial charge in [0.25, 0.3) is 0 Å². The number of aromatic nitrogens is 1. The molecule has 94 valence electrons. The molecule has 4 heteroatoms. The molecule has 2 rings (SSSR count). The fraction of sp³-hybridized carbons (Fsp3) is 0.615. The Morgan fingerprint density at radius 2 is 2.29 bits per heavy atom. The molecule has 1 aliphatic rings. The summed E-state index contributed by atoms with van der Waals surface area (Å²) in [6.45, 7) is 4.97. The Labute approximate surface area is 103 Å². The second-order valence-corrected chi connectivity index (χ2v) is 4.80. The molecule has 0 bridgehead atoms. The van der Waals surface area contributed by atoms with Crippen molar-refractivity contribution in [2.75, 3.05) is 33.2 Å². The third kappa shape index (κ3) is 3.49. The van der Waals surface area contributed by atoms with Gasteiger partial charge < -0.3 is 10.6 Å². The van der Waals surface area contributed by atoms with Crippen LogP contribution < -0.4 is 5.73 Å². The standard InChI is InChI=1S/C13H22N4/c1-16-7-4-8-17(13(9-14)11-16)10-12-5-2-3-6-15-12/h2-3,5-6,13H,4,7-11,14H2,1H3. The average molecular weight is 234 g/mol. The molecule has 0 radical (unpaired) electrons. The van der Waals surface area contributed by atoms with Gasteiger partial charge in [-0.1, -0.05) is 6.07 Å². The summed E-state index contributed by atoms with van der Waals surface area (Å²) in [5.41, 5.74) is 7.02. The molecule has 1 aromatic rings. The van der Waals surface area contributed by atoms with E-state index in [-0.39, 0.29) is 0 Å². The van der Waals surface area contributed by atoms with Gasteiger partial charge in [0.1, 0.15) is 0 Å². The molecule has 1 aliphatic heterocycles. The molecule has 2 heterocycles. The number of pyridine rings is 1. The Balaban J connectivity index is 2.02. The Morgan fingerprint density at radius 3 is 3.00 bits per heavy atom. The predicted octanol–water partition coefficient (Wildman–Crippen LogP) is 0.546. The van der Waals surface area contributed by atoms with Crippen LogP contribution in [0.2, 0.25) is 0 Å². The second kappa shape index (κ2) is 6.10. The van der Waals surface area contributed by atoms with Crippen molar-refractivity contribution < 1.29 is 0 Å². The molecule has 1 unspecified atom stereocenters. The number of nitrogens with two attached hydrogens (primary N) is 1. The van der Waals surface area contributed by atoms with Crippen molar-refractivity contribution in [3.05, 3.63) is 30.1 Å². The van der Waals surface area contributed by atoms with E-state index in [2.05, 4.69) is 27.9 Å². The minimum Gasteiger partial charge on any atom is -0.329 e. The number of nitrogens with zero attached hydrogens (tertiary/aromatic N) is 3. The van der Waals surface area contributed by atoms with Gasteiger partial charge in [-0.05, 0) is 32.1 Å². The van der Waals surface area contributed by atoms with Crippen LogP contribution in [0.5, 0.6) is 0 Å². The molecular formula is C13H22N4. The lowest BCUT2D eigenvalue weighted by Crippen LogP contribution is -2.44. The van der Waals surface area contributed by atoms with Gasteiger partial charge in [-0.3, -0.25) is 9.88 Å². The van der Waals surface area contributed by atoms with E-state index >= 15 is 0 Å². The van der Waals surface area contributed by atoms with Crippen LogP contribution in [0.1, 0.15) is 12.1 Å². The summed E-state index contributed by atoms with van der Waals surface area (Å²) in [4.78, 5) is 9.23. The highest BCUT2D eigenvalue weighted by molar-refractivity contribution is 5.03. The first-order valence-corrected chi connectivity index (χ1v) is 6.32. The minimum absolute atomic E-state index is 0.449. The van der Waals surface area contributed by atoms with Gasteiger partial charge in [0.15, 0.2) is 0 Å². The lowest BCUT2D eigenvalue weighted by molar-refractivity contribution is 0.183. The summed E-state index contributed by atoms with van der Waals surface area (Å²) in [7, 11) is 2.17. The van der Waals surface area contributed by atoms with Crippen LogP contribution >= 0.6 is 0 Å². The molecule has 0 amide bonds. The normalized spacial score (nSPS) is 23.5. The molecule has 17 heavy (non-hydrogen) atoms. The molecule has 1 aromatic heterocycles. The van der Waals surface area contributed by atoms with Crippen molar-refractivity contribution in [3.8, 4) is 0 Å². The number of hydrogen-bond donors (Lipinski definition) is 1. The van der Waals surface area contributed by atoms with E-state index < -0.39 is 0 Å². The maximum atomic E-state index is 5.89. The molecule has 0 spiro atoms. The van der Waals surface area contributed by atoms with Crippen molar-refractivity contribution in [2.45, 2.75) is 19.0 Å². The highest BCUT2D eigenvalue weighted by Gasteiger charge is 2.22. The fourth-order valence-electron chi connectivity index (χ4n) is 2.42. The maximum Gasteiger partial charge on any atom is 0.0544 e. The van der Waals surface area contributed by atoms with Crippen LogP contribution in [-0.2, 0) is 6.54 Å². The van der Waals surface area contributed by atoms with Crippen molar-refractivity contribution in [2.24, 2.45) is 5.73 Å². The summed E-state index contributed by atoms with van der Waals surface area (Å²) < 4.78 is 0. The van der Waals surface area contributed by atoms with Crippen molar-refractivity contribution in [1.29, 1.82) is 0 Å². The zero-order chi connectivity index (χ0) is 12.1. The zero-order valence-corrected chi connectivity index (χ0v) is 10.5. The van der Waals surface area contributed by atoms with E-state index in [9.17, 15) is 0 Å². The second-order valence-electron chi connectivity index (χ2n) is 4.80. The Morgan fingerprint density at radius 1 is 1.41 bits per heavy atom. The maximum absolute atomic E-state index is 5.89. The molecule has 1 fully saturated rings. The smallest absolute Gasteiger partial charge is 0.0544 e. The van der Waals surface area contributed by atoms with Crippen molar-refractivity contribution >= 4 is 0 Å². The lowest BCUT2D eigenvalue weighted by atomic mass is 10.2. The van der Waals surface area contributed by atoms with Gasteiger partial charge in [0.2, 0.25) is 0 Å². The number of likely N-dealkylation sites (N-methyl/N-ethyl adjacent to an activating group) is 1. The SMILES string of the molecule is CN1CCCN(Cc2ccccn2)C(CN)C1. The number of rotatable bonds is 3. The Hall–Kier alpha value is -0.970. The fourth-order valence-corrected chi connectivity index (χ4v) is 2.42. The molecule has 0 aliphatic carbocycles. The molecule has 2 N–H and O–H groups in total. The molecule has 1 atom stereocenters. The predicted molar refractivity (Wildman–Crippen MR) is 69.6 cm³/mol. The lowest BCUT2D eigenvalue weighted by Gasteiger charge is -2.29. The van der Waals surface area contributed by atoms with Gasteiger partial charge in [-0.15, -0.1) is 0 Å². The van der Waals surface area contributed by atoms with E-state index in [1.165, 1.54) is 6.42 Å². The minimum atomic E-state index is 0.449. The summed E-state index contributed by atoms with van der Waals surface area (Å²) in [5, 5.41) is 0. The molecule has 0 aromatic carbocycles. The molecule has 1 saturated heterocycles. The van der Waals surface area contributed by atoms with Gasteiger partial charge in [-0.2, -0.15) is 0 Å². The first kappa shape index (κ1) is 12.5. The van der Waals surface area contributed by atoms with Crippen molar-refractivity contribution in [3.63, 3.8) is 0 Å². The zero-order valence-electron chi connectivity index (χ0n) is 10.5. The highest BCUT2D eigenvalue weighted by Crippen LogP contribution is 2.11. The van der Waals surface area contributed by atoms with Crippen molar-refractivity contribution in [1.82, 2.24) is 14.8 Å². The van der Waals surface area contributed by atoms with Crippen LogP contribution in [-0.4, -0.2) is 54.1 Å². The van der Waals surface area contributed by atoms with Gasteiger partial charge in [0, 0.05) is 38.4 Å². The Bertz CT molecular complexity index is 327. The van der Waals surface area contributed by atoms with Crippen LogP contribution in [0.25, 0.3) is 0 Å². The van der Waals surface area contributed by atoms with Gasteiger partial charge in [0.05, 0.1) is 5.69 Å². The van der Waals surface area contributed by atoms with E-state index in [0.29, 0.717) is 6.04 Å². The first-order chi connectivity index (χ1) is 8.29. The first-order valence-electron chi connectivity index (χ1n) is 6.32. The quantitative estimate of drug-likeness (QED) is 0.829. The molecule has 4 nitrogen and oxygen atoms in total. The molecule has 0 saturated carbocycles. The van der Waals surface area contributed by atoms with E-state index in [1.807, 2.05) is 18.3 Å².